The zero-order chi connectivity index (χ0) is 18.7. The molecule has 0 saturated heterocycles. The minimum Gasteiger partial charge on any atom is -0.497 e. The van der Waals surface area contributed by atoms with Crippen molar-refractivity contribution in [2.45, 2.75) is 19.3 Å². The summed E-state index contributed by atoms with van der Waals surface area (Å²) in [6, 6.07) is 20.6. The second-order valence-electron chi connectivity index (χ2n) is 6.33. The van der Waals surface area contributed by atoms with Gasteiger partial charge in [-0.15, -0.1) is 0 Å². The van der Waals surface area contributed by atoms with Crippen LogP contribution < -0.4 is 15.4 Å². The first kappa shape index (κ1) is 18.7. The zero-order valence-corrected chi connectivity index (χ0v) is 15.7. The molecule has 3 rings (SSSR count). The Bertz CT molecular complexity index is 823. The molecule has 140 valence electrons. The van der Waals surface area contributed by atoms with Gasteiger partial charge in [-0.3, -0.25) is 0 Å². The summed E-state index contributed by atoms with van der Waals surface area (Å²) in [5.41, 5.74) is 2.59. The van der Waals surface area contributed by atoms with Crippen molar-refractivity contribution in [3.8, 4) is 5.75 Å². The zero-order valence-electron chi connectivity index (χ0n) is 15.7. The van der Waals surface area contributed by atoms with Crippen LogP contribution in [0.15, 0.2) is 67.0 Å². The van der Waals surface area contributed by atoms with Gasteiger partial charge < -0.3 is 15.4 Å². The molecule has 0 amide bonds. The van der Waals surface area contributed by atoms with Crippen molar-refractivity contribution >= 4 is 11.6 Å². The monoisotopic (exact) mass is 362 g/mol. The average Bonchev–Trinajstić information content (AvgIpc) is 2.72. The fraction of sp³-hybridized carbons (Fsp3) is 0.273. The summed E-state index contributed by atoms with van der Waals surface area (Å²) in [5, 5.41) is 6.73. The van der Waals surface area contributed by atoms with Crippen LogP contribution >= 0.6 is 0 Å². The van der Waals surface area contributed by atoms with E-state index >= 15 is 0 Å². The number of methoxy groups -OCH3 is 1. The maximum absolute atomic E-state index is 5.26. The molecule has 2 aromatic carbocycles. The molecule has 0 fully saturated rings. The van der Waals surface area contributed by atoms with Crippen LogP contribution in [-0.2, 0) is 12.8 Å². The molecule has 0 aliphatic rings. The van der Waals surface area contributed by atoms with Gasteiger partial charge in [0.15, 0.2) is 0 Å². The number of ether oxygens (including phenoxy) is 1. The molecule has 5 nitrogen and oxygen atoms in total. The summed E-state index contributed by atoms with van der Waals surface area (Å²) in [6.45, 7) is 1.69. The number of hydrogen-bond donors (Lipinski definition) is 2. The van der Waals surface area contributed by atoms with E-state index in [-0.39, 0.29) is 0 Å². The van der Waals surface area contributed by atoms with Gasteiger partial charge in [0.2, 0.25) is 0 Å². The normalized spacial score (nSPS) is 10.4. The number of hydrogen-bond acceptors (Lipinski definition) is 5. The third-order valence-corrected chi connectivity index (χ3v) is 4.31. The molecule has 1 heterocycles. The summed E-state index contributed by atoms with van der Waals surface area (Å²) in [6.07, 6.45) is 4.62. The highest BCUT2D eigenvalue weighted by Gasteiger charge is 2.00. The number of aryl methyl sites for hydroxylation is 1. The lowest BCUT2D eigenvalue weighted by atomic mass is 10.1. The molecule has 0 radical (unpaired) electrons. The van der Waals surface area contributed by atoms with Gasteiger partial charge in [0, 0.05) is 19.2 Å². The highest BCUT2D eigenvalue weighted by atomic mass is 16.5. The lowest BCUT2D eigenvalue weighted by Gasteiger charge is -2.09. The molecule has 0 unspecified atom stereocenters. The number of nitrogens with zero attached hydrogens (tertiary/aromatic N) is 2. The first-order valence-corrected chi connectivity index (χ1v) is 9.30. The molecule has 0 spiro atoms. The summed E-state index contributed by atoms with van der Waals surface area (Å²) >= 11 is 0. The Labute approximate surface area is 160 Å². The molecule has 0 aliphatic heterocycles. The fourth-order valence-corrected chi connectivity index (χ4v) is 2.87. The molecule has 0 saturated carbocycles. The van der Waals surface area contributed by atoms with Crippen molar-refractivity contribution in [2.24, 2.45) is 0 Å². The lowest BCUT2D eigenvalue weighted by Crippen LogP contribution is -2.09. The van der Waals surface area contributed by atoms with E-state index in [1.54, 1.807) is 13.4 Å². The fourth-order valence-electron chi connectivity index (χ4n) is 2.87. The number of aromatic nitrogens is 2. The highest BCUT2D eigenvalue weighted by Crippen LogP contribution is 2.14. The Balaban J connectivity index is 1.41. The third-order valence-electron chi connectivity index (χ3n) is 4.31. The summed E-state index contributed by atoms with van der Waals surface area (Å²) in [5.74, 6) is 2.57. The number of nitrogens with one attached hydrogen (secondary N) is 2. The molecule has 27 heavy (non-hydrogen) atoms. The van der Waals surface area contributed by atoms with Crippen LogP contribution in [0.25, 0.3) is 0 Å². The van der Waals surface area contributed by atoms with Crippen molar-refractivity contribution in [3.05, 3.63) is 78.1 Å². The molecule has 0 aliphatic carbocycles. The second kappa shape index (κ2) is 10.2. The van der Waals surface area contributed by atoms with E-state index < -0.39 is 0 Å². The van der Waals surface area contributed by atoms with Crippen molar-refractivity contribution < 1.29 is 4.74 Å². The molecular formula is C22H26N4O. The van der Waals surface area contributed by atoms with Gasteiger partial charge in [-0.2, -0.15) is 0 Å². The Morgan fingerprint density at radius 3 is 2.30 bits per heavy atom. The number of benzene rings is 2. The predicted octanol–water partition coefficient (Wildman–Crippen LogP) is 4.18. The topological polar surface area (TPSA) is 59.1 Å². The standard InChI is InChI=1S/C22H26N4O/c1-27-20-11-5-9-19(15-20)12-14-24-22-16-21(25-17-26-22)23-13-6-10-18-7-3-2-4-8-18/h2-5,7-9,11,15-17H,6,10,12-14H2,1H3,(H2,23,24,25,26). The SMILES string of the molecule is COc1cccc(CCNc2cc(NCCCc3ccccc3)ncn2)c1. The van der Waals surface area contributed by atoms with E-state index in [2.05, 4.69) is 57.0 Å². The van der Waals surface area contributed by atoms with Gasteiger partial charge >= 0.3 is 0 Å². The maximum atomic E-state index is 5.26. The van der Waals surface area contributed by atoms with Gasteiger partial charge in [0.1, 0.15) is 23.7 Å². The van der Waals surface area contributed by atoms with Crippen molar-refractivity contribution in [2.75, 3.05) is 30.8 Å². The average molecular weight is 362 g/mol. The first-order chi connectivity index (χ1) is 13.3. The van der Waals surface area contributed by atoms with E-state index in [1.807, 2.05) is 24.3 Å². The van der Waals surface area contributed by atoms with Crippen LogP contribution in [0.1, 0.15) is 17.5 Å². The molecule has 5 heteroatoms. The largest absolute Gasteiger partial charge is 0.497 e. The smallest absolute Gasteiger partial charge is 0.131 e. The van der Waals surface area contributed by atoms with Crippen LogP contribution in [0, 0.1) is 0 Å². The van der Waals surface area contributed by atoms with Crippen LogP contribution in [0.4, 0.5) is 11.6 Å². The van der Waals surface area contributed by atoms with Gasteiger partial charge in [-0.25, -0.2) is 9.97 Å². The maximum Gasteiger partial charge on any atom is 0.131 e. The Kier molecular flexibility index (Phi) is 7.04. The molecule has 3 aromatic rings. The van der Waals surface area contributed by atoms with Crippen LogP contribution in [0.5, 0.6) is 5.75 Å². The van der Waals surface area contributed by atoms with Crippen molar-refractivity contribution in [1.82, 2.24) is 9.97 Å². The van der Waals surface area contributed by atoms with E-state index in [0.717, 1.165) is 49.7 Å². The first-order valence-electron chi connectivity index (χ1n) is 9.30. The quantitative estimate of drug-likeness (QED) is 0.530. The Morgan fingerprint density at radius 2 is 1.52 bits per heavy atom. The van der Waals surface area contributed by atoms with Gasteiger partial charge in [0.25, 0.3) is 0 Å². The number of rotatable bonds is 10. The van der Waals surface area contributed by atoms with Gasteiger partial charge in [0.05, 0.1) is 7.11 Å². The Morgan fingerprint density at radius 1 is 0.778 bits per heavy atom. The van der Waals surface area contributed by atoms with Gasteiger partial charge in [-0.1, -0.05) is 42.5 Å². The molecule has 0 atom stereocenters. The van der Waals surface area contributed by atoms with E-state index in [4.69, 9.17) is 4.74 Å². The van der Waals surface area contributed by atoms with Crippen LogP contribution in [0.3, 0.4) is 0 Å². The highest BCUT2D eigenvalue weighted by molar-refractivity contribution is 5.46. The van der Waals surface area contributed by atoms with E-state index in [0.29, 0.717) is 0 Å². The third kappa shape index (κ3) is 6.29. The minimum atomic E-state index is 0.803. The van der Waals surface area contributed by atoms with Crippen LogP contribution in [-0.4, -0.2) is 30.2 Å². The second-order valence-corrected chi connectivity index (χ2v) is 6.33. The minimum absolute atomic E-state index is 0.803. The van der Waals surface area contributed by atoms with Crippen molar-refractivity contribution in [3.63, 3.8) is 0 Å². The van der Waals surface area contributed by atoms with Crippen molar-refractivity contribution in [1.29, 1.82) is 0 Å². The summed E-state index contributed by atoms with van der Waals surface area (Å²) in [4.78, 5) is 8.59. The van der Waals surface area contributed by atoms with Crippen LogP contribution in [0.2, 0.25) is 0 Å². The molecule has 1 aromatic heterocycles. The molecule has 0 bridgehead atoms. The Hall–Kier alpha value is -3.08. The molecule has 2 N–H and O–H groups in total. The molecular weight excluding hydrogens is 336 g/mol. The van der Waals surface area contributed by atoms with E-state index in [1.165, 1.54) is 11.1 Å². The summed E-state index contributed by atoms with van der Waals surface area (Å²) < 4.78 is 5.26. The van der Waals surface area contributed by atoms with E-state index in [9.17, 15) is 0 Å². The van der Waals surface area contributed by atoms with Gasteiger partial charge in [-0.05, 0) is 42.5 Å². The lowest BCUT2D eigenvalue weighted by molar-refractivity contribution is 0.414. The predicted molar refractivity (Wildman–Crippen MR) is 110 cm³/mol. The number of anilines is 2. The summed E-state index contributed by atoms with van der Waals surface area (Å²) in [7, 11) is 1.69.